The maximum absolute atomic E-state index is 8.00. The molecule has 1 aliphatic heterocycles. The molecule has 0 radical (unpaired) electrons. The van der Waals surface area contributed by atoms with Crippen molar-refractivity contribution in [2.75, 3.05) is 13.1 Å². The molecule has 0 aromatic rings. The Labute approximate surface area is 63.2 Å². The van der Waals surface area contributed by atoms with E-state index in [1.54, 1.807) is 0 Å². The van der Waals surface area contributed by atoms with E-state index in [-0.39, 0.29) is 0 Å². The van der Waals surface area contributed by atoms with Crippen LogP contribution >= 0.6 is 0 Å². The molecule has 0 N–H and O–H groups in total. The Hall–Kier alpha value is -0.370. The third-order valence-electron chi connectivity index (χ3n) is 1.87. The molecule has 0 bridgehead atoms. The number of rotatable bonds is 1. The van der Waals surface area contributed by atoms with E-state index in [1.165, 1.54) is 25.9 Å². The number of hydrogen-bond acceptors (Lipinski definition) is 2. The van der Waals surface area contributed by atoms with E-state index in [2.05, 4.69) is 18.7 Å². The van der Waals surface area contributed by atoms with Crippen LogP contribution in [0.2, 0.25) is 0 Å². The largest absolute Gasteiger partial charge is 0.307 e. The fourth-order valence-electron chi connectivity index (χ4n) is 1.26. The van der Waals surface area contributed by atoms with Crippen molar-refractivity contribution >= 4 is 6.79 Å². The molecule has 0 aliphatic carbocycles. The lowest BCUT2D eigenvalue weighted by Crippen LogP contribution is -2.26. The number of hydrogen-bond donors (Lipinski definition) is 0. The monoisotopic (exact) mass is 143 g/mol. The number of nitrogens with zero attached hydrogens (tertiary/aromatic N) is 1. The van der Waals surface area contributed by atoms with Crippen molar-refractivity contribution in [2.45, 2.75) is 32.7 Å². The van der Waals surface area contributed by atoms with Crippen LogP contribution in [-0.4, -0.2) is 30.8 Å². The first kappa shape index (κ1) is 9.63. The molecular weight excluding hydrogens is 126 g/mol. The van der Waals surface area contributed by atoms with E-state index in [4.69, 9.17) is 4.79 Å². The van der Waals surface area contributed by atoms with Crippen molar-refractivity contribution in [2.24, 2.45) is 0 Å². The third kappa shape index (κ3) is 2.97. The summed E-state index contributed by atoms with van der Waals surface area (Å²) < 4.78 is 0. The minimum Gasteiger partial charge on any atom is -0.307 e. The summed E-state index contributed by atoms with van der Waals surface area (Å²) in [5.41, 5.74) is 0. The van der Waals surface area contributed by atoms with Crippen LogP contribution in [0.3, 0.4) is 0 Å². The summed E-state index contributed by atoms with van der Waals surface area (Å²) in [4.78, 5) is 10.5. The highest BCUT2D eigenvalue weighted by Gasteiger charge is 2.13. The van der Waals surface area contributed by atoms with Gasteiger partial charge < -0.3 is 9.69 Å². The van der Waals surface area contributed by atoms with Crippen LogP contribution < -0.4 is 0 Å². The van der Waals surface area contributed by atoms with Crippen molar-refractivity contribution in [3.8, 4) is 0 Å². The quantitative estimate of drug-likeness (QED) is 0.551. The van der Waals surface area contributed by atoms with Gasteiger partial charge in [-0.2, -0.15) is 0 Å². The first-order chi connectivity index (χ1) is 4.80. The van der Waals surface area contributed by atoms with E-state index >= 15 is 0 Å². The average Bonchev–Trinajstić information content (AvgIpc) is 2.42. The van der Waals surface area contributed by atoms with Gasteiger partial charge in [-0.05, 0) is 39.8 Å². The summed E-state index contributed by atoms with van der Waals surface area (Å²) in [5.74, 6) is 0. The highest BCUT2D eigenvalue weighted by Crippen LogP contribution is 2.09. The molecule has 0 atom stereocenters. The van der Waals surface area contributed by atoms with Gasteiger partial charge in [0.2, 0.25) is 0 Å². The fourth-order valence-corrected chi connectivity index (χ4v) is 1.26. The van der Waals surface area contributed by atoms with Crippen molar-refractivity contribution in [1.82, 2.24) is 4.90 Å². The molecule has 0 unspecified atom stereocenters. The minimum atomic E-state index is 0.775. The van der Waals surface area contributed by atoms with Gasteiger partial charge in [-0.25, -0.2) is 0 Å². The summed E-state index contributed by atoms with van der Waals surface area (Å²) in [7, 11) is 0. The Morgan fingerprint density at radius 2 is 1.60 bits per heavy atom. The van der Waals surface area contributed by atoms with E-state index in [9.17, 15) is 0 Å². The molecule has 1 rings (SSSR count). The predicted octanol–water partition coefficient (Wildman–Crippen LogP) is 1.31. The number of carbonyl (C=O) groups is 1. The molecule has 1 aliphatic rings. The maximum atomic E-state index is 8.00. The van der Waals surface area contributed by atoms with Crippen LogP contribution in [-0.2, 0) is 4.79 Å². The summed E-state index contributed by atoms with van der Waals surface area (Å²) >= 11 is 0. The second-order valence-corrected chi connectivity index (χ2v) is 2.84. The minimum absolute atomic E-state index is 0.775. The van der Waals surface area contributed by atoms with Gasteiger partial charge in [0, 0.05) is 6.04 Å². The Kier molecular flexibility index (Phi) is 5.22. The highest BCUT2D eigenvalue weighted by molar-refractivity contribution is 5.10. The van der Waals surface area contributed by atoms with Gasteiger partial charge in [0.25, 0.3) is 0 Å². The molecule has 10 heavy (non-hydrogen) atoms. The Morgan fingerprint density at radius 3 is 1.80 bits per heavy atom. The van der Waals surface area contributed by atoms with Gasteiger partial charge in [-0.15, -0.1) is 0 Å². The molecule has 2 nitrogen and oxygen atoms in total. The Balaban J connectivity index is 0.000000371. The Morgan fingerprint density at radius 1 is 1.20 bits per heavy atom. The van der Waals surface area contributed by atoms with Crippen LogP contribution in [0.15, 0.2) is 0 Å². The summed E-state index contributed by atoms with van der Waals surface area (Å²) in [5, 5.41) is 0. The van der Waals surface area contributed by atoms with Crippen LogP contribution in [0.1, 0.15) is 26.7 Å². The van der Waals surface area contributed by atoms with Crippen LogP contribution in [0, 0.1) is 0 Å². The van der Waals surface area contributed by atoms with E-state index in [1.807, 2.05) is 6.79 Å². The molecule has 0 amide bonds. The van der Waals surface area contributed by atoms with Crippen molar-refractivity contribution in [1.29, 1.82) is 0 Å². The van der Waals surface area contributed by atoms with Gasteiger partial charge in [-0.1, -0.05) is 0 Å². The van der Waals surface area contributed by atoms with Gasteiger partial charge in [0.15, 0.2) is 0 Å². The average molecular weight is 143 g/mol. The zero-order chi connectivity index (χ0) is 7.98. The van der Waals surface area contributed by atoms with Crippen LogP contribution in [0.5, 0.6) is 0 Å². The Bertz CT molecular complexity index is 77.3. The van der Waals surface area contributed by atoms with Crippen molar-refractivity contribution in [3.63, 3.8) is 0 Å². The summed E-state index contributed by atoms with van der Waals surface area (Å²) in [6.45, 7) is 9.20. The van der Waals surface area contributed by atoms with Crippen molar-refractivity contribution < 1.29 is 4.79 Å². The molecule has 60 valence electrons. The first-order valence-corrected chi connectivity index (χ1v) is 3.83. The maximum Gasteiger partial charge on any atom is 0.106 e. The van der Waals surface area contributed by atoms with Crippen LogP contribution in [0.4, 0.5) is 0 Å². The first-order valence-electron chi connectivity index (χ1n) is 3.83. The zero-order valence-corrected chi connectivity index (χ0v) is 6.97. The van der Waals surface area contributed by atoms with Gasteiger partial charge in [0.1, 0.15) is 6.79 Å². The molecule has 1 heterocycles. The molecular formula is C8H17NO. The molecule has 1 fully saturated rings. The topological polar surface area (TPSA) is 20.3 Å². The SMILES string of the molecule is C=O.CC(C)N1CCCC1. The number of carbonyl (C=O) groups excluding carboxylic acids is 1. The van der Waals surface area contributed by atoms with Crippen LogP contribution in [0.25, 0.3) is 0 Å². The molecule has 2 heteroatoms. The summed E-state index contributed by atoms with van der Waals surface area (Å²) in [6, 6.07) is 0.775. The second kappa shape index (κ2) is 5.42. The number of likely N-dealkylation sites (tertiary alicyclic amines) is 1. The van der Waals surface area contributed by atoms with E-state index < -0.39 is 0 Å². The molecule has 0 aromatic carbocycles. The highest BCUT2D eigenvalue weighted by atomic mass is 16.1. The molecule has 0 aromatic heterocycles. The molecule has 0 saturated carbocycles. The second-order valence-electron chi connectivity index (χ2n) is 2.84. The smallest absolute Gasteiger partial charge is 0.106 e. The fraction of sp³-hybridized carbons (Fsp3) is 0.875. The van der Waals surface area contributed by atoms with Gasteiger partial charge >= 0.3 is 0 Å². The lowest BCUT2D eigenvalue weighted by Gasteiger charge is -2.18. The van der Waals surface area contributed by atoms with Gasteiger partial charge in [0.05, 0.1) is 0 Å². The normalized spacial score (nSPS) is 18.7. The third-order valence-corrected chi connectivity index (χ3v) is 1.87. The molecule has 1 saturated heterocycles. The standard InChI is InChI=1S/C7H15N.CH2O/c1-7(2)8-5-3-4-6-8;1-2/h7H,3-6H2,1-2H3;1H2. The lowest BCUT2D eigenvalue weighted by molar-refractivity contribution is -0.0979. The van der Waals surface area contributed by atoms with E-state index in [0.717, 1.165) is 6.04 Å². The van der Waals surface area contributed by atoms with Crippen molar-refractivity contribution in [3.05, 3.63) is 0 Å². The zero-order valence-electron chi connectivity index (χ0n) is 6.97. The van der Waals surface area contributed by atoms with Gasteiger partial charge in [-0.3, -0.25) is 0 Å². The lowest BCUT2D eigenvalue weighted by atomic mass is 10.3. The molecule has 0 spiro atoms. The van der Waals surface area contributed by atoms with E-state index in [0.29, 0.717) is 0 Å². The predicted molar refractivity (Wildman–Crippen MR) is 43.1 cm³/mol. The summed E-state index contributed by atoms with van der Waals surface area (Å²) in [6.07, 6.45) is 2.83.